The van der Waals surface area contributed by atoms with E-state index >= 15 is 0 Å². The SMILES string of the molecule is C=CCN(CC=C)C(=O)NC(c1ccccc1)C(C)C. The zero-order chi connectivity index (χ0) is 15.0. The van der Waals surface area contributed by atoms with Gasteiger partial charge in [-0.25, -0.2) is 4.79 Å². The molecule has 1 atom stereocenters. The van der Waals surface area contributed by atoms with Crippen LogP contribution in [0, 0.1) is 5.92 Å². The third kappa shape index (κ3) is 4.57. The van der Waals surface area contributed by atoms with Gasteiger partial charge in [-0.05, 0) is 11.5 Å². The van der Waals surface area contributed by atoms with Crippen molar-refractivity contribution in [3.63, 3.8) is 0 Å². The van der Waals surface area contributed by atoms with Crippen molar-refractivity contribution in [2.75, 3.05) is 13.1 Å². The summed E-state index contributed by atoms with van der Waals surface area (Å²) in [6.45, 7) is 12.6. The molecule has 1 aromatic carbocycles. The number of nitrogens with zero attached hydrogens (tertiary/aromatic N) is 1. The second-order valence-corrected chi connectivity index (χ2v) is 5.06. The molecule has 2 amide bonds. The summed E-state index contributed by atoms with van der Waals surface area (Å²) in [5.74, 6) is 0.315. The van der Waals surface area contributed by atoms with Crippen LogP contribution >= 0.6 is 0 Å². The maximum Gasteiger partial charge on any atom is 0.318 e. The highest BCUT2D eigenvalue weighted by molar-refractivity contribution is 5.75. The van der Waals surface area contributed by atoms with Gasteiger partial charge in [-0.3, -0.25) is 0 Å². The van der Waals surface area contributed by atoms with E-state index in [-0.39, 0.29) is 12.1 Å². The van der Waals surface area contributed by atoms with Gasteiger partial charge in [-0.15, -0.1) is 13.2 Å². The van der Waals surface area contributed by atoms with Crippen molar-refractivity contribution in [1.29, 1.82) is 0 Å². The van der Waals surface area contributed by atoms with E-state index in [4.69, 9.17) is 0 Å². The van der Waals surface area contributed by atoms with E-state index in [1.165, 1.54) is 0 Å². The summed E-state index contributed by atoms with van der Waals surface area (Å²) in [6.07, 6.45) is 3.44. The van der Waals surface area contributed by atoms with E-state index in [1.54, 1.807) is 17.1 Å². The van der Waals surface area contributed by atoms with Crippen LogP contribution in [0.25, 0.3) is 0 Å². The molecular formula is C17H24N2O. The Morgan fingerprint density at radius 1 is 1.20 bits per heavy atom. The van der Waals surface area contributed by atoms with Crippen LogP contribution in [0.4, 0.5) is 4.79 Å². The molecule has 20 heavy (non-hydrogen) atoms. The van der Waals surface area contributed by atoms with Crippen LogP contribution in [0.1, 0.15) is 25.5 Å². The topological polar surface area (TPSA) is 32.3 Å². The number of rotatable bonds is 7. The number of carbonyl (C=O) groups excluding carboxylic acids is 1. The Morgan fingerprint density at radius 3 is 2.20 bits per heavy atom. The minimum atomic E-state index is -0.0904. The summed E-state index contributed by atoms with van der Waals surface area (Å²) in [6, 6.07) is 9.94. The summed E-state index contributed by atoms with van der Waals surface area (Å²) in [5.41, 5.74) is 1.12. The number of urea groups is 1. The third-order valence-corrected chi connectivity index (χ3v) is 3.09. The molecule has 1 aromatic rings. The van der Waals surface area contributed by atoms with E-state index in [0.29, 0.717) is 19.0 Å². The molecule has 0 aliphatic carbocycles. The second-order valence-electron chi connectivity index (χ2n) is 5.06. The van der Waals surface area contributed by atoms with Gasteiger partial charge in [0.05, 0.1) is 6.04 Å². The first kappa shape index (κ1) is 16.0. The molecule has 0 bridgehead atoms. The molecule has 1 unspecified atom stereocenters. The van der Waals surface area contributed by atoms with E-state index in [1.807, 2.05) is 30.3 Å². The molecule has 0 heterocycles. The van der Waals surface area contributed by atoms with Gasteiger partial charge in [0.2, 0.25) is 0 Å². The Balaban J connectivity index is 2.82. The fourth-order valence-electron chi connectivity index (χ4n) is 2.07. The van der Waals surface area contributed by atoms with Crippen molar-refractivity contribution in [2.45, 2.75) is 19.9 Å². The molecule has 0 aliphatic rings. The van der Waals surface area contributed by atoms with Gasteiger partial charge in [-0.2, -0.15) is 0 Å². The lowest BCUT2D eigenvalue weighted by molar-refractivity contribution is 0.200. The predicted molar refractivity (Wildman–Crippen MR) is 84.5 cm³/mol. The maximum atomic E-state index is 12.3. The molecule has 0 saturated heterocycles. The van der Waals surface area contributed by atoms with Crippen molar-refractivity contribution in [3.05, 3.63) is 61.2 Å². The first-order chi connectivity index (χ1) is 9.60. The first-order valence-electron chi connectivity index (χ1n) is 6.92. The first-order valence-corrected chi connectivity index (χ1v) is 6.92. The van der Waals surface area contributed by atoms with Gasteiger partial charge in [0.1, 0.15) is 0 Å². The lowest BCUT2D eigenvalue weighted by Gasteiger charge is -2.27. The van der Waals surface area contributed by atoms with E-state index in [9.17, 15) is 4.79 Å². The summed E-state index contributed by atoms with van der Waals surface area (Å²) in [7, 11) is 0. The number of hydrogen-bond donors (Lipinski definition) is 1. The summed E-state index contributed by atoms with van der Waals surface area (Å²) < 4.78 is 0. The largest absolute Gasteiger partial charge is 0.331 e. The average Bonchev–Trinajstić information content (AvgIpc) is 2.45. The highest BCUT2D eigenvalue weighted by Gasteiger charge is 2.20. The average molecular weight is 272 g/mol. The van der Waals surface area contributed by atoms with Crippen molar-refractivity contribution >= 4 is 6.03 Å². The Morgan fingerprint density at radius 2 is 1.75 bits per heavy atom. The van der Waals surface area contributed by atoms with Gasteiger partial charge >= 0.3 is 6.03 Å². The molecule has 1 N–H and O–H groups in total. The lowest BCUT2D eigenvalue weighted by atomic mass is 9.96. The van der Waals surface area contributed by atoms with E-state index < -0.39 is 0 Å². The van der Waals surface area contributed by atoms with Crippen LogP contribution in [0.3, 0.4) is 0 Å². The summed E-state index contributed by atoms with van der Waals surface area (Å²) in [5, 5.41) is 3.09. The smallest absolute Gasteiger partial charge is 0.318 e. The molecular weight excluding hydrogens is 248 g/mol. The molecule has 3 nitrogen and oxygen atoms in total. The second kappa shape index (κ2) is 8.20. The highest BCUT2D eigenvalue weighted by atomic mass is 16.2. The van der Waals surface area contributed by atoms with Gasteiger partial charge in [0.15, 0.2) is 0 Å². The summed E-state index contributed by atoms with van der Waals surface area (Å²) >= 11 is 0. The van der Waals surface area contributed by atoms with Gasteiger partial charge < -0.3 is 10.2 Å². The van der Waals surface area contributed by atoms with E-state index in [0.717, 1.165) is 5.56 Å². The quantitative estimate of drug-likeness (QED) is 0.753. The third-order valence-electron chi connectivity index (χ3n) is 3.09. The standard InChI is InChI=1S/C17H24N2O/c1-5-12-19(13-6-2)17(20)18-16(14(3)4)15-10-8-7-9-11-15/h5-11,14,16H,1-2,12-13H2,3-4H3,(H,18,20). The number of benzene rings is 1. The van der Waals surface area contributed by atoms with Crippen LogP contribution in [-0.4, -0.2) is 24.0 Å². The summed E-state index contributed by atoms with van der Waals surface area (Å²) in [4.78, 5) is 14.0. The minimum absolute atomic E-state index is 0.000769. The Kier molecular flexibility index (Phi) is 6.57. The van der Waals surface area contributed by atoms with Crippen LogP contribution < -0.4 is 5.32 Å². The van der Waals surface area contributed by atoms with Crippen LogP contribution in [-0.2, 0) is 0 Å². The fraction of sp³-hybridized carbons (Fsp3) is 0.353. The molecule has 0 aromatic heterocycles. The number of nitrogens with one attached hydrogen (secondary N) is 1. The number of hydrogen-bond acceptors (Lipinski definition) is 1. The molecule has 0 fully saturated rings. The fourth-order valence-corrected chi connectivity index (χ4v) is 2.07. The zero-order valence-corrected chi connectivity index (χ0v) is 12.4. The van der Waals surface area contributed by atoms with Gasteiger partial charge in [0.25, 0.3) is 0 Å². The number of amides is 2. The lowest BCUT2D eigenvalue weighted by Crippen LogP contribution is -2.43. The Bertz CT molecular complexity index is 430. The van der Waals surface area contributed by atoms with Crippen molar-refractivity contribution in [3.8, 4) is 0 Å². The minimum Gasteiger partial charge on any atom is -0.331 e. The molecule has 0 aliphatic heterocycles. The molecule has 108 valence electrons. The van der Waals surface area contributed by atoms with Gasteiger partial charge in [-0.1, -0.05) is 56.3 Å². The molecule has 1 rings (SSSR count). The Labute approximate surface area is 122 Å². The predicted octanol–water partition coefficient (Wildman–Crippen LogP) is 3.77. The van der Waals surface area contributed by atoms with Crippen molar-refractivity contribution in [1.82, 2.24) is 10.2 Å². The Hall–Kier alpha value is -2.03. The van der Waals surface area contributed by atoms with Crippen LogP contribution in [0.15, 0.2) is 55.6 Å². The monoisotopic (exact) mass is 272 g/mol. The molecule has 0 saturated carbocycles. The van der Waals surface area contributed by atoms with Crippen molar-refractivity contribution < 1.29 is 4.79 Å². The molecule has 0 radical (unpaired) electrons. The van der Waals surface area contributed by atoms with Crippen LogP contribution in [0.5, 0.6) is 0 Å². The number of carbonyl (C=O) groups is 1. The van der Waals surface area contributed by atoms with Crippen LogP contribution in [0.2, 0.25) is 0 Å². The van der Waals surface area contributed by atoms with Crippen molar-refractivity contribution in [2.24, 2.45) is 5.92 Å². The maximum absolute atomic E-state index is 12.3. The normalized spacial score (nSPS) is 11.8. The van der Waals surface area contributed by atoms with E-state index in [2.05, 4.69) is 32.3 Å². The zero-order valence-electron chi connectivity index (χ0n) is 12.4. The molecule has 0 spiro atoms. The van der Waals surface area contributed by atoms with Gasteiger partial charge in [0, 0.05) is 13.1 Å². The highest BCUT2D eigenvalue weighted by Crippen LogP contribution is 2.21. The molecule has 3 heteroatoms.